The van der Waals surface area contributed by atoms with Crippen molar-refractivity contribution in [1.82, 2.24) is 15.5 Å². The Kier molecular flexibility index (Phi) is 7.50. The molecule has 35 heavy (non-hydrogen) atoms. The van der Waals surface area contributed by atoms with Gasteiger partial charge in [0.05, 0.1) is 0 Å². The summed E-state index contributed by atoms with van der Waals surface area (Å²) < 4.78 is 0. The highest BCUT2D eigenvalue weighted by molar-refractivity contribution is 6.31. The fourth-order valence-corrected chi connectivity index (χ4v) is 5.59. The van der Waals surface area contributed by atoms with Gasteiger partial charge in [-0.3, -0.25) is 14.4 Å². The van der Waals surface area contributed by atoms with Gasteiger partial charge in [0.2, 0.25) is 17.7 Å². The smallest absolute Gasteiger partial charge is 0.247 e. The Labute approximate surface area is 212 Å². The summed E-state index contributed by atoms with van der Waals surface area (Å²) in [7, 11) is 0. The van der Waals surface area contributed by atoms with Crippen LogP contribution in [-0.2, 0) is 27.2 Å². The van der Waals surface area contributed by atoms with Crippen LogP contribution in [0.1, 0.15) is 56.8 Å². The topological polar surface area (TPSA) is 78.5 Å². The van der Waals surface area contributed by atoms with Gasteiger partial charge in [-0.1, -0.05) is 67.9 Å². The van der Waals surface area contributed by atoms with Crippen LogP contribution < -0.4 is 10.6 Å². The number of benzene rings is 2. The highest BCUT2D eigenvalue weighted by Gasteiger charge is 2.49. The van der Waals surface area contributed by atoms with Crippen molar-refractivity contribution in [1.29, 1.82) is 0 Å². The summed E-state index contributed by atoms with van der Waals surface area (Å²) in [6.45, 7) is 7.76. The zero-order chi connectivity index (χ0) is 25.3. The van der Waals surface area contributed by atoms with Gasteiger partial charge in [-0.2, -0.15) is 0 Å². The monoisotopic (exact) mass is 495 g/mol. The highest BCUT2D eigenvalue weighted by atomic mass is 35.5. The van der Waals surface area contributed by atoms with Gasteiger partial charge in [0.1, 0.15) is 18.1 Å². The lowest BCUT2D eigenvalue weighted by molar-refractivity contribution is -0.158. The van der Waals surface area contributed by atoms with E-state index in [4.69, 9.17) is 11.6 Å². The van der Waals surface area contributed by atoms with E-state index < -0.39 is 18.1 Å². The molecule has 0 spiro atoms. The third kappa shape index (κ3) is 5.22. The van der Waals surface area contributed by atoms with Crippen molar-refractivity contribution in [2.45, 2.75) is 71.1 Å². The number of hydrogen-bond donors (Lipinski definition) is 2. The van der Waals surface area contributed by atoms with Crippen LogP contribution in [-0.4, -0.2) is 40.7 Å². The second-order valence-electron chi connectivity index (χ2n) is 10.4. The average molecular weight is 496 g/mol. The molecular weight excluding hydrogens is 462 g/mol. The first kappa shape index (κ1) is 25.2. The van der Waals surface area contributed by atoms with E-state index in [1.807, 2.05) is 39.8 Å². The number of piperazine rings is 1. The van der Waals surface area contributed by atoms with Crippen LogP contribution in [0.25, 0.3) is 0 Å². The zero-order valence-corrected chi connectivity index (χ0v) is 21.5. The van der Waals surface area contributed by atoms with Gasteiger partial charge in [-0.05, 0) is 62.1 Å². The van der Waals surface area contributed by atoms with Gasteiger partial charge in [-0.15, -0.1) is 0 Å². The van der Waals surface area contributed by atoms with E-state index in [1.54, 1.807) is 24.3 Å². The number of rotatable bonds is 7. The number of nitrogens with one attached hydrogen (secondary N) is 2. The van der Waals surface area contributed by atoms with Gasteiger partial charge >= 0.3 is 0 Å². The minimum absolute atomic E-state index is 0.0635. The minimum atomic E-state index is -1.00. The van der Waals surface area contributed by atoms with Crippen molar-refractivity contribution in [3.05, 3.63) is 70.2 Å². The van der Waals surface area contributed by atoms with Crippen LogP contribution >= 0.6 is 11.6 Å². The van der Waals surface area contributed by atoms with Crippen molar-refractivity contribution in [3.63, 3.8) is 0 Å². The first-order valence-corrected chi connectivity index (χ1v) is 12.8. The van der Waals surface area contributed by atoms with Crippen molar-refractivity contribution in [3.8, 4) is 0 Å². The molecule has 0 aromatic heterocycles. The Hall–Kier alpha value is -2.86. The zero-order valence-electron chi connectivity index (χ0n) is 20.8. The van der Waals surface area contributed by atoms with Crippen LogP contribution in [0.4, 0.5) is 0 Å². The molecule has 1 aliphatic carbocycles. The van der Waals surface area contributed by atoms with Gasteiger partial charge < -0.3 is 15.5 Å². The third-order valence-electron chi connectivity index (χ3n) is 6.86. The summed E-state index contributed by atoms with van der Waals surface area (Å²) in [6, 6.07) is 12.6. The molecule has 1 saturated heterocycles. The molecule has 4 rings (SSSR count). The first-order valence-electron chi connectivity index (χ1n) is 12.4. The predicted molar refractivity (Wildman–Crippen MR) is 137 cm³/mol. The molecule has 0 radical (unpaired) electrons. The molecule has 2 N–H and O–H groups in total. The Morgan fingerprint density at radius 1 is 1.03 bits per heavy atom. The number of amides is 3. The Bertz CT molecular complexity index is 1090. The lowest BCUT2D eigenvalue weighted by Gasteiger charge is -2.45. The third-order valence-corrected chi connectivity index (χ3v) is 7.21. The van der Waals surface area contributed by atoms with E-state index in [0.717, 1.165) is 0 Å². The number of nitrogens with zero attached hydrogens (tertiary/aromatic N) is 1. The molecule has 2 aliphatic rings. The van der Waals surface area contributed by atoms with Gasteiger partial charge in [0.15, 0.2) is 0 Å². The Morgan fingerprint density at radius 3 is 2.20 bits per heavy atom. The molecule has 0 unspecified atom stereocenters. The van der Waals surface area contributed by atoms with E-state index in [1.165, 1.54) is 16.0 Å². The standard InChI is InChI=1S/C28H34ClN3O3/c1-16(2)13-23-26(33)31-24(20-14-18-9-5-6-10-19(18)15-20)28(35)32(23)25(27(34)30-17(3)4)21-11-7-8-12-22(21)29/h5-12,16-17,20,23-25H,13-15H2,1-4H3,(H,30,34)(H,31,33)/t23-,24-,25-/m1/s1. The summed E-state index contributed by atoms with van der Waals surface area (Å²) in [5, 5.41) is 6.38. The van der Waals surface area contributed by atoms with Crippen molar-refractivity contribution >= 4 is 29.3 Å². The summed E-state index contributed by atoms with van der Waals surface area (Å²) >= 11 is 6.56. The number of fused-ring (bicyclic) bond motifs is 1. The van der Waals surface area contributed by atoms with Gasteiger partial charge in [-0.25, -0.2) is 0 Å². The summed E-state index contributed by atoms with van der Waals surface area (Å²) in [6.07, 6.45) is 1.88. The average Bonchev–Trinajstić information content (AvgIpc) is 3.22. The van der Waals surface area contributed by atoms with Gasteiger partial charge in [0.25, 0.3) is 0 Å². The highest BCUT2D eigenvalue weighted by Crippen LogP contribution is 2.37. The van der Waals surface area contributed by atoms with Crippen molar-refractivity contribution in [2.24, 2.45) is 11.8 Å². The maximum Gasteiger partial charge on any atom is 0.247 e. The molecule has 0 bridgehead atoms. The fraction of sp³-hybridized carbons (Fsp3) is 0.464. The van der Waals surface area contributed by atoms with Crippen molar-refractivity contribution < 1.29 is 14.4 Å². The van der Waals surface area contributed by atoms with E-state index in [2.05, 4.69) is 22.8 Å². The molecule has 2 aromatic rings. The second kappa shape index (κ2) is 10.4. The summed E-state index contributed by atoms with van der Waals surface area (Å²) in [4.78, 5) is 42.8. The van der Waals surface area contributed by atoms with Crippen LogP contribution in [0.3, 0.4) is 0 Å². The molecule has 1 fully saturated rings. The molecule has 7 heteroatoms. The van der Waals surface area contributed by atoms with Crippen LogP contribution in [0.2, 0.25) is 5.02 Å². The molecule has 1 aliphatic heterocycles. The van der Waals surface area contributed by atoms with Gasteiger partial charge in [0, 0.05) is 16.6 Å². The SMILES string of the molecule is CC(C)C[C@@H]1C(=O)N[C@H](C2Cc3ccccc3C2)C(=O)N1[C@@H](C(=O)NC(C)C)c1ccccc1Cl. The van der Waals surface area contributed by atoms with Crippen molar-refractivity contribution in [2.75, 3.05) is 0 Å². The quantitative estimate of drug-likeness (QED) is 0.608. The lowest BCUT2D eigenvalue weighted by Crippen LogP contribution is -2.67. The largest absolute Gasteiger partial charge is 0.352 e. The number of carbonyl (C=O) groups is 3. The normalized spacial score (nSPS) is 21.3. The van der Waals surface area contributed by atoms with E-state index in [0.29, 0.717) is 29.8 Å². The summed E-state index contributed by atoms with van der Waals surface area (Å²) in [5.74, 6) is -0.691. The van der Waals surface area contributed by atoms with E-state index in [-0.39, 0.29) is 35.6 Å². The van der Waals surface area contributed by atoms with Crippen LogP contribution in [0.15, 0.2) is 48.5 Å². The Morgan fingerprint density at radius 2 is 1.63 bits per heavy atom. The molecule has 3 amide bonds. The predicted octanol–water partition coefficient (Wildman–Crippen LogP) is 4.06. The fourth-order valence-electron chi connectivity index (χ4n) is 5.35. The second-order valence-corrected chi connectivity index (χ2v) is 10.8. The molecule has 0 saturated carbocycles. The molecule has 1 heterocycles. The molecule has 186 valence electrons. The summed E-state index contributed by atoms with van der Waals surface area (Å²) in [5.41, 5.74) is 2.93. The maximum atomic E-state index is 14.2. The number of hydrogen-bond acceptors (Lipinski definition) is 3. The van der Waals surface area contributed by atoms with Crippen LogP contribution in [0.5, 0.6) is 0 Å². The lowest BCUT2D eigenvalue weighted by atomic mass is 9.88. The maximum absolute atomic E-state index is 14.2. The number of halogens is 1. The number of carbonyl (C=O) groups excluding carboxylic acids is 3. The molecule has 3 atom stereocenters. The molecule has 2 aromatic carbocycles. The minimum Gasteiger partial charge on any atom is -0.352 e. The Balaban J connectivity index is 1.76. The van der Waals surface area contributed by atoms with E-state index >= 15 is 0 Å². The van der Waals surface area contributed by atoms with Crippen LogP contribution in [0, 0.1) is 11.8 Å². The molecule has 6 nitrogen and oxygen atoms in total. The molecular formula is C28H34ClN3O3. The first-order chi connectivity index (χ1) is 16.7. The van der Waals surface area contributed by atoms with E-state index in [9.17, 15) is 14.4 Å².